The van der Waals surface area contributed by atoms with Crippen LogP contribution in [0.3, 0.4) is 0 Å². The van der Waals surface area contributed by atoms with Crippen molar-refractivity contribution in [3.63, 3.8) is 0 Å². The first-order valence-corrected chi connectivity index (χ1v) is 9.20. The van der Waals surface area contributed by atoms with E-state index in [1.807, 2.05) is 43.3 Å². The predicted octanol–water partition coefficient (Wildman–Crippen LogP) is 7.02. The summed E-state index contributed by atoms with van der Waals surface area (Å²) in [6.45, 7) is 11.6. The lowest BCUT2D eigenvalue weighted by molar-refractivity contribution is 0.216. The normalized spacial score (nSPS) is 8.71. The smallest absolute Gasteiger partial charge is 0.118 e. The largest absolute Gasteiger partial charge is 0.508 e. The molecule has 2 N–H and O–H groups in total. The summed E-state index contributed by atoms with van der Waals surface area (Å²) in [7, 11) is 0. The minimum atomic E-state index is -0.167. The number of hydrogen-bond acceptors (Lipinski definition) is 2. The van der Waals surface area contributed by atoms with Crippen LogP contribution in [0.15, 0.2) is 78.9 Å². The van der Waals surface area contributed by atoms with Crippen molar-refractivity contribution in [2.24, 2.45) is 0 Å². The maximum Gasteiger partial charge on any atom is 0.118 e. The zero-order valence-corrected chi connectivity index (χ0v) is 17.5. The highest BCUT2D eigenvalue weighted by Crippen LogP contribution is 2.12. The molecule has 2 nitrogen and oxygen atoms in total. The molecule has 28 heavy (non-hydrogen) atoms. The molecule has 0 spiro atoms. The third kappa shape index (κ3) is 15.7. The molecular formula is C26H38O2. The Morgan fingerprint density at radius 1 is 0.571 bits per heavy atom. The molecule has 3 aromatic carbocycles. The Kier molecular flexibility index (Phi) is 16.4. The molecular weight excluding hydrogens is 344 g/mol. The molecule has 0 aliphatic heterocycles. The Morgan fingerprint density at radius 2 is 0.893 bits per heavy atom. The molecule has 154 valence electrons. The number of aliphatic hydroxyl groups excluding tert-OH is 1. The van der Waals surface area contributed by atoms with Gasteiger partial charge in [-0.3, -0.25) is 0 Å². The Hall–Kier alpha value is -2.58. The van der Waals surface area contributed by atoms with Gasteiger partial charge < -0.3 is 10.2 Å². The van der Waals surface area contributed by atoms with Gasteiger partial charge in [0.05, 0.1) is 0 Å². The number of hydrogen-bond donors (Lipinski definition) is 2. The van der Waals surface area contributed by atoms with Crippen LogP contribution in [0.4, 0.5) is 0 Å². The second-order valence-electron chi connectivity index (χ2n) is 6.62. The first-order valence-electron chi connectivity index (χ1n) is 9.20. The Morgan fingerprint density at radius 3 is 1.11 bits per heavy atom. The van der Waals surface area contributed by atoms with E-state index in [0.29, 0.717) is 5.75 Å². The van der Waals surface area contributed by atoms with Gasteiger partial charge in [0.15, 0.2) is 0 Å². The fraction of sp³-hybridized carbons (Fsp3) is 0.308. The fourth-order valence-corrected chi connectivity index (χ4v) is 1.76. The summed E-state index contributed by atoms with van der Waals surface area (Å²) in [5.74, 6) is 0.368. The molecule has 0 aliphatic carbocycles. The average Bonchev–Trinajstić information content (AvgIpc) is 2.62. The van der Waals surface area contributed by atoms with Gasteiger partial charge in [0.2, 0.25) is 0 Å². The highest BCUT2D eigenvalue weighted by molar-refractivity contribution is 5.29. The van der Waals surface area contributed by atoms with E-state index in [9.17, 15) is 0 Å². The lowest BCUT2D eigenvalue weighted by Crippen LogP contribution is -1.85. The van der Waals surface area contributed by atoms with Crippen molar-refractivity contribution >= 4 is 0 Å². The third-order valence-corrected chi connectivity index (χ3v) is 3.48. The molecule has 0 heterocycles. The number of phenols is 1. The lowest BCUT2D eigenvalue weighted by atomic mass is 10.1. The Bertz CT molecular complexity index is 646. The van der Waals surface area contributed by atoms with Crippen molar-refractivity contribution in [3.05, 3.63) is 101 Å². The molecule has 0 saturated carbocycles. The van der Waals surface area contributed by atoms with Gasteiger partial charge in [-0.1, -0.05) is 85.8 Å². The van der Waals surface area contributed by atoms with Crippen molar-refractivity contribution in [1.82, 2.24) is 0 Å². The number of aryl methyl sites for hydroxylation is 4. The van der Waals surface area contributed by atoms with E-state index in [1.165, 1.54) is 16.7 Å². The molecule has 0 saturated heterocycles. The number of aliphatic hydroxyl groups is 1. The van der Waals surface area contributed by atoms with Gasteiger partial charge in [-0.25, -0.2) is 0 Å². The number of phenolic OH excluding ortho intramolecular Hbond substituents is 1. The SMILES string of the molecule is C.CC(C)O.Cc1ccccc1.Cc1ccccc1C.Cc1ccccc1O. The first-order chi connectivity index (χ1) is 12.7. The lowest BCUT2D eigenvalue weighted by Gasteiger charge is -1.93. The second kappa shape index (κ2) is 16.6. The van der Waals surface area contributed by atoms with E-state index in [2.05, 4.69) is 57.2 Å². The van der Waals surface area contributed by atoms with Crippen LogP contribution in [0, 0.1) is 27.7 Å². The van der Waals surface area contributed by atoms with Gasteiger partial charge >= 0.3 is 0 Å². The van der Waals surface area contributed by atoms with Crippen LogP contribution >= 0.6 is 0 Å². The van der Waals surface area contributed by atoms with Gasteiger partial charge in [0.1, 0.15) is 5.75 Å². The minimum Gasteiger partial charge on any atom is -0.508 e. The summed E-state index contributed by atoms with van der Waals surface area (Å²) in [6.07, 6.45) is -0.167. The van der Waals surface area contributed by atoms with Crippen molar-refractivity contribution in [1.29, 1.82) is 0 Å². The van der Waals surface area contributed by atoms with Gasteiger partial charge in [0.25, 0.3) is 0 Å². The zero-order chi connectivity index (χ0) is 20.7. The van der Waals surface area contributed by atoms with Crippen LogP contribution in [-0.4, -0.2) is 16.3 Å². The average molecular weight is 383 g/mol. The quantitative estimate of drug-likeness (QED) is 0.438. The molecule has 0 atom stereocenters. The summed E-state index contributed by atoms with van der Waals surface area (Å²) < 4.78 is 0. The fourth-order valence-electron chi connectivity index (χ4n) is 1.76. The molecule has 3 aromatic rings. The second-order valence-corrected chi connectivity index (χ2v) is 6.62. The number of para-hydroxylation sites is 1. The number of benzene rings is 3. The Balaban J connectivity index is 0. The van der Waals surface area contributed by atoms with Crippen LogP contribution in [0.5, 0.6) is 5.75 Å². The number of rotatable bonds is 0. The van der Waals surface area contributed by atoms with E-state index < -0.39 is 0 Å². The Labute approximate surface area is 172 Å². The maximum atomic E-state index is 8.92. The molecule has 0 radical (unpaired) electrons. The third-order valence-electron chi connectivity index (χ3n) is 3.48. The molecule has 2 heteroatoms. The molecule has 0 bridgehead atoms. The van der Waals surface area contributed by atoms with E-state index in [-0.39, 0.29) is 13.5 Å². The van der Waals surface area contributed by atoms with E-state index >= 15 is 0 Å². The van der Waals surface area contributed by atoms with Crippen LogP contribution < -0.4 is 0 Å². The minimum absolute atomic E-state index is 0. The predicted molar refractivity (Wildman–Crippen MR) is 124 cm³/mol. The van der Waals surface area contributed by atoms with Crippen LogP contribution in [0.25, 0.3) is 0 Å². The first kappa shape index (κ1) is 27.6. The van der Waals surface area contributed by atoms with Crippen LogP contribution in [-0.2, 0) is 0 Å². The van der Waals surface area contributed by atoms with E-state index in [4.69, 9.17) is 10.2 Å². The monoisotopic (exact) mass is 382 g/mol. The van der Waals surface area contributed by atoms with Crippen LogP contribution in [0.2, 0.25) is 0 Å². The molecule has 0 amide bonds. The van der Waals surface area contributed by atoms with Gasteiger partial charge in [-0.2, -0.15) is 0 Å². The van der Waals surface area contributed by atoms with Gasteiger partial charge in [0, 0.05) is 6.10 Å². The summed E-state index contributed by atoms with van der Waals surface area (Å²) in [5, 5.41) is 17.0. The van der Waals surface area contributed by atoms with Crippen molar-refractivity contribution < 1.29 is 10.2 Å². The van der Waals surface area contributed by atoms with Gasteiger partial charge in [-0.15, -0.1) is 0 Å². The summed E-state index contributed by atoms with van der Waals surface area (Å²) in [4.78, 5) is 0. The molecule has 3 rings (SSSR count). The summed E-state index contributed by atoms with van der Waals surface area (Å²) in [5.41, 5.74) is 4.98. The maximum absolute atomic E-state index is 8.92. The molecule has 0 fully saturated rings. The summed E-state index contributed by atoms with van der Waals surface area (Å²) in [6, 6.07) is 25.9. The van der Waals surface area contributed by atoms with Crippen molar-refractivity contribution in [2.75, 3.05) is 0 Å². The number of aromatic hydroxyl groups is 1. The van der Waals surface area contributed by atoms with Crippen molar-refractivity contribution in [3.8, 4) is 5.75 Å². The standard InChI is InChI=1S/C8H10.C7H8O.C7H8.C3H8O.CH4/c1-7-5-3-4-6-8(7)2;1-6-4-2-3-5-7(6)8;1-7-5-3-2-4-6-7;1-3(2)4;/h3-6H,1-2H3;2-5,8H,1H3;2-6H,1H3;3-4H,1-2H3;1H4. The molecule has 0 aliphatic rings. The topological polar surface area (TPSA) is 40.5 Å². The molecule has 0 aromatic heterocycles. The van der Waals surface area contributed by atoms with E-state index in [1.54, 1.807) is 19.9 Å². The highest BCUT2D eigenvalue weighted by Gasteiger charge is 1.87. The highest BCUT2D eigenvalue weighted by atomic mass is 16.3. The molecule has 0 unspecified atom stereocenters. The van der Waals surface area contributed by atoms with Gasteiger partial charge in [-0.05, 0) is 64.3 Å². The van der Waals surface area contributed by atoms with E-state index in [0.717, 1.165) is 5.56 Å². The van der Waals surface area contributed by atoms with Crippen LogP contribution in [0.1, 0.15) is 43.5 Å². The van der Waals surface area contributed by atoms with Crippen molar-refractivity contribution in [2.45, 2.75) is 55.1 Å². The summed E-state index contributed by atoms with van der Waals surface area (Å²) >= 11 is 0. The zero-order valence-electron chi connectivity index (χ0n) is 17.5.